The molecule has 11 heteroatoms. The summed E-state index contributed by atoms with van der Waals surface area (Å²) in [4.78, 5) is 25.0. The summed E-state index contributed by atoms with van der Waals surface area (Å²) in [6.07, 6.45) is 1.41. The number of methoxy groups -OCH3 is 4. The first-order valence-corrected chi connectivity index (χ1v) is 11.1. The molecule has 0 atom stereocenters. The molecule has 0 saturated carbocycles. The number of esters is 1. The van der Waals surface area contributed by atoms with E-state index in [0.29, 0.717) is 27.8 Å². The molecule has 0 bridgehead atoms. The monoisotopic (exact) mass is 532 g/mol. The quantitative estimate of drug-likeness (QED) is 0.178. The van der Waals surface area contributed by atoms with Crippen LogP contribution >= 0.6 is 23.2 Å². The highest BCUT2D eigenvalue weighted by Crippen LogP contribution is 2.38. The molecule has 0 aliphatic rings. The van der Waals surface area contributed by atoms with Gasteiger partial charge in [0, 0.05) is 5.56 Å². The predicted molar refractivity (Wildman–Crippen MR) is 136 cm³/mol. The lowest BCUT2D eigenvalue weighted by Gasteiger charge is -2.13. The molecule has 3 rings (SSSR count). The van der Waals surface area contributed by atoms with E-state index in [4.69, 9.17) is 46.9 Å². The zero-order valence-electron chi connectivity index (χ0n) is 19.8. The number of benzene rings is 3. The Balaban J connectivity index is 1.72. The minimum atomic E-state index is -0.633. The lowest BCUT2D eigenvalue weighted by Crippen LogP contribution is -2.18. The number of carbonyl (C=O) groups is 2. The van der Waals surface area contributed by atoms with E-state index in [0.717, 1.165) is 0 Å². The first-order chi connectivity index (χ1) is 17.3. The first-order valence-electron chi connectivity index (χ1n) is 10.3. The minimum Gasteiger partial charge on any atom is -0.493 e. The maximum atomic E-state index is 12.6. The van der Waals surface area contributed by atoms with Crippen molar-refractivity contribution in [3.63, 3.8) is 0 Å². The van der Waals surface area contributed by atoms with Gasteiger partial charge in [-0.2, -0.15) is 5.10 Å². The van der Waals surface area contributed by atoms with Crippen LogP contribution < -0.4 is 29.1 Å². The van der Waals surface area contributed by atoms with Gasteiger partial charge in [0.25, 0.3) is 5.91 Å². The Bertz CT molecular complexity index is 1290. The smallest absolute Gasteiger partial charge is 0.343 e. The molecule has 36 heavy (non-hydrogen) atoms. The standard InChI is InChI=1S/C25H22Cl2N2O7/c1-32-20-9-14(5-8-19(20)36-25(31)15-6-7-17(26)18(27)10-15)13-28-29-24(30)16-11-21(33-2)23(35-4)22(12-16)34-3/h5-13H,1-4H3,(H,29,30)/b28-13+. The second kappa shape index (κ2) is 12.1. The van der Waals surface area contributed by atoms with Gasteiger partial charge in [0.1, 0.15) is 0 Å². The SMILES string of the molecule is COc1cc(/C=N/NC(=O)c2cc(OC)c(OC)c(OC)c2)ccc1OC(=O)c1ccc(Cl)c(Cl)c1. The predicted octanol–water partition coefficient (Wildman–Crippen LogP) is 5.01. The summed E-state index contributed by atoms with van der Waals surface area (Å²) in [5.41, 5.74) is 3.49. The highest BCUT2D eigenvalue weighted by atomic mass is 35.5. The number of amides is 1. The summed E-state index contributed by atoms with van der Waals surface area (Å²) in [5.74, 6) is 0.376. The van der Waals surface area contributed by atoms with Crippen molar-refractivity contribution in [3.8, 4) is 28.7 Å². The van der Waals surface area contributed by atoms with Crippen molar-refractivity contribution in [3.05, 3.63) is 75.3 Å². The highest BCUT2D eigenvalue weighted by molar-refractivity contribution is 6.42. The molecule has 0 fully saturated rings. The van der Waals surface area contributed by atoms with Gasteiger partial charge in [-0.3, -0.25) is 4.79 Å². The van der Waals surface area contributed by atoms with E-state index in [1.165, 1.54) is 71.1 Å². The van der Waals surface area contributed by atoms with Crippen molar-refractivity contribution in [2.75, 3.05) is 28.4 Å². The van der Waals surface area contributed by atoms with E-state index >= 15 is 0 Å². The zero-order chi connectivity index (χ0) is 26.2. The van der Waals surface area contributed by atoms with Gasteiger partial charge in [0.15, 0.2) is 23.0 Å². The molecule has 0 aromatic heterocycles. The van der Waals surface area contributed by atoms with Gasteiger partial charge in [0.2, 0.25) is 5.75 Å². The molecule has 3 aromatic rings. The van der Waals surface area contributed by atoms with Crippen LogP contribution in [0.15, 0.2) is 53.6 Å². The zero-order valence-corrected chi connectivity index (χ0v) is 21.3. The molecule has 0 aliphatic heterocycles. The molecule has 0 spiro atoms. The van der Waals surface area contributed by atoms with E-state index in [2.05, 4.69) is 10.5 Å². The summed E-state index contributed by atoms with van der Waals surface area (Å²) in [7, 11) is 5.81. The summed E-state index contributed by atoms with van der Waals surface area (Å²) in [6, 6.07) is 12.2. The largest absolute Gasteiger partial charge is 0.493 e. The molecule has 1 amide bonds. The van der Waals surface area contributed by atoms with Crippen molar-refractivity contribution >= 4 is 41.3 Å². The summed E-state index contributed by atoms with van der Waals surface area (Å²) < 4.78 is 26.5. The number of ether oxygens (including phenoxy) is 5. The maximum absolute atomic E-state index is 12.6. The van der Waals surface area contributed by atoms with Gasteiger partial charge in [-0.15, -0.1) is 0 Å². The molecule has 0 unspecified atom stereocenters. The molecule has 0 aliphatic carbocycles. The van der Waals surface area contributed by atoms with Crippen LogP contribution in [0.2, 0.25) is 10.0 Å². The van der Waals surface area contributed by atoms with Crippen LogP contribution in [0.5, 0.6) is 28.7 Å². The van der Waals surface area contributed by atoms with Crippen LogP contribution in [0.25, 0.3) is 0 Å². The number of hydrogen-bond acceptors (Lipinski definition) is 8. The van der Waals surface area contributed by atoms with Gasteiger partial charge < -0.3 is 23.7 Å². The van der Waals surface area contributed by atoms with Crippen LogP contribution in [0.3, 0.4) is 0 Å². The fraction of sp³-hybridized carbons (Fsp3) is 0.160. The number of nitrogens with one attached hydrogen (secondary N) is 1. The van der Waals surface area contributed by atoms with E-state index in [1.54, 1.807) is 12.1 Å². The van der Waals surface area contributed by atoms with Crippen molar-refractivity contribution in [1.29, 1.82) is 0 Å². The third-order valence-electron chi connectivity index (χ3n) is 4.85. The van der Waals surface area contributed by atoms with Crippen molar-refractivity contribution in [2.45, 2.75) is 0 Å². The highest BCUT2D eigenvalue weighted by Gasteiger charge is 2.17. The summed E-state index contributed by atoms with van der Waals surface area (Å²) in [5, 5.41) is 4.54. The van der Waals surface area contributed by atoms with E-state index in [1.807, 2.05) is 0 Å². The average Bonchev–Trinajstić information content (AvgIpc) is 2.89. The molecule has 0 heterocycles. The van der Waals surface area contributed by atoms with Gasteiger partial charge in [-0.05, 0) is 54.1 Å². The Morgan fingerprint density at radius 2 is 1.42 bits per heavy atom. The number of hydrogen-bond donors (Lipinski definition) is 1. The van der Waals surface area contributed by atoms with Crippen LogP contribution in [-0.4, -0.2) is 46.5 Å². The maximum Gasteiger partial charge on any atom is 0.343 e. The molecular formula is C25H22Cl2N2O7. The molecule has 0 saturated heterocycles. The normalized spacial score (nSPS) is 10.6. The Kier molecular flexibility index (Phi) is 8.99. The molecule has 1 N–H and O–H groups in total. The number of hydrazone groups is 1. The first kappa shape index (κ1) is 26.7. The Labute approximate surface area is 217 Å². The number of halogens is 2. The third-order valence-corrected chi connectivity index (χ3v) is 5.59. The Morgan fingerprint density at radius 3 is 2.00 bits per heavy atom. The molecular weight excluding hydrogens is 511 g/mol. The fourth-order valence-electron chi connectivity index (χ4n) is 3.07. The lowest BCUT2D eigenvalue weighted by molar-refractivity contribution is 0.0729. The Hall–Kier alpha value is -3.95. The van der Waals surface area contributed by atoms with Crippen molar-refractivity contribution in [1.82, 2.24) is 5.43 Å². The van der Waals surface area contributed by atoms with Gasteiger partial charge in [0.05, 0.1) is 50.3 Å². The van der Waals surface area contributed by atoms with E-state index < -0.39 is 11.9 Å². The van der Waals surface area contributed by atoms with E-state index in [-0.39, 0.29) is 27.6 Å². The third kappa shape index (κ3) is 6.18. The number of nitrogens with zero attached hydrogens (tertiary/aromatic N) is 1. The van der Waals surface area contributed by atoms with Gasteiger partial charge in [-0.1, -0.05) is 23.2 Å². The average molecular weight is 533 g/mol. The van der Waals surface area contributed by atoms with Crippen LogP contribution in [0.1, 0.15) is 26.3 Å². The fourth-order valence-corrected chi connectivity index (χ4v) is 3.37. The molecule has 9 nitrogen and oxygen atoms in total. The minimum absolute atomic E-state index is 0.187. The molecule has 188 valence electrons. The van der Waals surface area contributed by atoms with E-state index in [9.17, 15) is 9.59 Å². The summed E-state index contributed by atoms with van der Waals surface area (Å²) >= 11 is 11.9. The topological polar surface area (TPSA) is 105 Å². The summed E-state index contributed by atoms with van der Waals surface area (Å²) in [6.45, 7) is 0. The number of carbonyl (C=O) groups excluding carboxylic acids is 2. The second-order valence-corrected chi connectivity index (χ2v) is 7.86. The second-order valence-electron chi connectivity index (χ2n) is 7.04. The van der Waals surface area contributed by atoms with Gasteiger partial charge in [-0.25, -0.2) is 10.2 Å². The van der Waals surface area contributed by atoms with Crippen LogP contribution in [-0.2, 0) is 0 Å². The molecule has 3 aromatic carbocycles. The number of rotatable bonds is 9. The van der Waals surface area contributed by atoms with Crippen LogP contribution in [0.4, 0.5) is 0 Å². The van der Waals surface area contributed by atoms with Gasteiger partial charge >= 0.3 is 5.97 Å². The van der Waals surface area contributed by atoms with Crippen molar-refractivity contribution in [2.24, 2.45) is 5.10 Å². The molecule has 0 radical (unpaired) electrons. The lowest BCUT2D eigenvalue weighted by atomic mass is 10.1. The van der Waals surface area contributed by atoms with Crippen molar-refractivity contribution < 1.29 is 33.3 Å². The Morgan fingerprint density at radius 1 is 0.750 bits per heavy atom. The van der Waals surface area contributed by atoms with Crippen LogP contribution in [0, 0.1) is 0 Å².